The molecule has 0 saturated carbocycles. The summed E-state index contributed by atoms with van der Waals surface area (Å²) >= 11 is 7.72. The van der Waals surface area contributed by atoms with Crippen LogP contribution in [0.1, 0.15) is 10.4 Å². The predicted molar refractivity (Wildman–Crippen MR) is 89.5 cm³/mol. The number of hydrogen-bond donors (Lipinski definition) is 1. The van der Waals surface area contributed by atoms with Crippen LogP contribution in [0.3, 0.4) is 0 Å². The lowest BCUT2D eigenvalue weighted by Gasteiger charge is -2.12. The van der Waals surface area contributed by atoms with E-state index in [0.717, 1.165) is 16.1 Å². The lowest BCUT2D eigenvalue weighted by molar-refractivity contribution is -0.120. The summed E-state index contributed by atoms with van der Waals surface area (Å²) in [5, 5.41) is 6.48. The molecule has 1 aromatic heterocycles. The van der Waals surface area contributed by atoms with Gasteiger partial charge >= 0.3 is 0 Å². The maximum atomic E-state index is 11.7. The van der Waals surface area contributed by atoms with Gasteiger partial charge in [-0.25, -0.2) is 5.43 Å². The van der Waals surface area contributed by atoms with Crippen LogP contribution in [0.4, 0.5) is 5.69 Å². The van der Waals surface area contributed by atoms with Gasteiger partial charge < -0.3 is 4.90 Å². The summed E-state index contributed by atoms with van der Waals surface area (Å²) in [4.78, 5) is 14.6. The van der Waals surface area contributed by atoms with Crippen molar-refractivity contribution in [1.29, 1.82) is 0 Å². The minimum Gasteiger partial charge on any atom is -0.378 e. The van der Waals surface area contributed by atoms with Crippen LogP contribution < -0.4 is 10.3 Å². The van der Waals surface area contributed by atoms with E-state index in [1.165, 1.54) is 0 Å². The number of anilines is 1. The molecule has 0 saturated heterocycles. The van der Waals surface area contributed by atoms with Crippen LogP contribution in [0.5, 0.6) is 0 Å². The van der Waals surface area contributed by atoms with E-state index in [1.54, 1.807) is 17.6 Å². The SMILES string of the molecule is CN(C)c1ccc(/C=N\NC(=O)Cc2cccs2)c(Cl)c1. The van der Waals surface area contributed by atoms with Crippen LogP contribution in [0.25, 0.3) is 0 Å². The van der Waals surface area contributed by atoms with E-state index in [-0.39, 0.29) is 5.91 Å². The Labute approximate surface area is 133 Å². The highest BCUT2D eigenvalue weighted by Gasteiger charge is 2.03. The molecule has 0 aliphatic carbocycles. The van der Waals surface area contributed by atoms with Crippen molar-refractivity contribution >= 4 is 40.7 Å². The number of nitrogens with one attached hydrogen (secondary N) is 1. The normalized spacial score (nSPS) is 10.8. The van der Waals surface area contributed by atoms with Gasteiger partial charge in [-0.2, -0.15) is 5.10 Å². The first kappa shape index (κ1) is 15.5. The van der Waals surface area contributed by atoms with Crippen molar-refractivity contribution in [2.75, 3.05) is 19.0 Å². The van der Waals surface area contributed by atoms with Crippen molar-refractivity contribution in [2.45, 2.75) is 6.42 Å². The molecule has 0 aliphatic rings. The van der Waals surface area contributed by atoms with Crippen molar-refractivity contribution in [1.82, 2.24) is 5.43 Å². The molecule has 0 unspecified atom stereocenters. The minimum atomic E-state index is -0.144. The van der Waals surface area contributed by atoms with Crippen LogP contribution in [0.15, 0.2) is 40.8 Å². The molecule has 1 heterocycles. The molecule has 0 fully saturated rings. The van der Waals surface area contributed by atoms with E-state index < -0.39 is 0 Å². The second kappa shape index (κ2) is 7.24. The average Bonchev–Trinajstić information content (AvgIpc) is 2.93. The van der Waals surface area contributed by atoms with Gasteiger partial charge in [-0.3, -0.25) is 4.79 Å². The van der Waals surface area contributed by atoms with Crippen molar-refractivity contribution in [3.05, 3.63) is 51.2 Å². The third-order valence-electron chi connectivity index (χ3n) is 2.81. The molecule has 0 bridgehead atoms. The molecule has 1 aromatic carbocycles. The number of thiophene rings is 1. The van der Waals surface area contributed by atoms with Gasteiger partial charge in [0.25, 0.3) is 0 Å². The first-order valence-corrected chi connectivity index (χ1v) is 7.63. The third-order valence-corrected chi connectivity index (χ3v) is 4.01. The van der Waals surface area contributed by atoms with Crippen molar-refractivity contribution in [3.8, 4) is 0 Å². The van der Waals surface area contributed by atoms with Crippen LogP contribution in [-0.4, -0.2) is 26.2 Å². The maximum absolute atomic E-state index is 11.7. The standard InChI is InChI=1S/C15H16ClN3OS/c1-19(2)12-6-5-11(14(16)8-12)10-17-18-15(20)9-13-4-3-7-21-13/h3-8,10H,9H2,1-2H3,(H,18,20)/b17-10-. The van der Waals surface area contributed by atoms with Gasteiger partial charge in [-0.1, -0.05) is 17.7 Å². The molecular formula is C15H16ClN3OS. The molecule has 110 valence electrons. The van der Waals surface area contributed by atoms with Gasteiger partial charge in [0.15, 0.2) is 0 Å². The lowest BCUT2D eigenvalue weighted by atomic mass is 10.2. The maximum Gasteiger partial charge on any atom is 0.245 e. The van der Waals surface area contributed by atoms with Gasteiger partial charge in [0.2, 0.25) is 5.91 Å². The van der Waals surface area contributed by atoms with Crippen LogP contribution in [0.2, 0.25) is 5.02 Å². The van der Waals surface area contributed by atoms with E-state index >= 15 is 0 Å². The summed E-state index contributed by atoms with van der Waals surface area (Å²) in [6.07, 6.45) is 1.89. The fourth-order valence-corrected chi connectivity index (χ4v) is 2.61. The zero-order valence-corrected chi connectivity index (χ0v) is 13.4. The van der Waals surface area contributed by atoms with Crippen LogP contribution in [-0.2, 0) is 11.2 Å². The summed E-state index contributed by atoms with van der Waals surface area (Å²) in [6, 6.07) is 9.51. The monoisotopic (exact) mass is 321 g/mol. The zero-order valence-electron chi connectivity index (χ0n) is 11.8. The molecule has 0 radical (unpaired) electrons. The zero-order chi connectivity index (χ0) is 15.2. The first-order chi connectivity index (χ1) is 10.1. The van der Waals surface area contributed by atoms with E-state index in [2.05, 4.69) is 10.5 Å². The summed E-state index contributed by atoms with van der Waals surface area (Å²) in [5.41, 5.74) is 4.28. The largest absolute Gasteiger partial charge is 0.378 e. The molecular weight excluding hydrogens is 306 g/mol. The number of carbonyl (C=O) groups is 1. The minimum absolute atomic E-state index is 0.144. The molecule has 0 spiro atoms. The molecule has 2 rings (SSSR count). The molecule has 0 aliphatic heterocycles. The van der Waals surface area contributed by atoms with Gasteiger partial charge in [-0.05, 0) is 29.6 Å². The Morgan fingerprint density at radius 3 is 2.86 bits per heavy atom. The van der Waals surface area contributed by atoms with Gasteiger partial charge in [-0.15, -0.1) is 11.3 Å². The second-order valence-electron chi connectivity index (χ2n) is 4.65. The summed E-state index contributed by atoms with van der Waals surface area (Å²) < 4.78 is 0. The highest BCUT2D eigenvalue weighted by molar-refractivity contribution is 7.10. The van der Waals surface area contributed by atoms with Gasteiger partial charge in [0.05, 0.1) is 17.7 Å². The number of nitrogens with zero attached hydrogens (tertiary/aromatic N) is 2. The summed E-state index contributed by atoms with van der Waals surface area (Å²) in [6.45, 7) is 0. The molecule has 0 atom stereocenters. The fourth-order valence-electron chi connectivity index (χ4n) is 1.68. The number of halogens is 1. The molecule has 2 aromatic rings. The highest BCUT2D eigenvalue weighted by atomic mass is 35.5. The van der Waals surface area contributed by atoms with E-state index in [9.17, 15) is 4.79 Å². The lowest BCUT2D eigenvalue weighted by Crippen LogP contribution is -2.19. The predicted octanol–water partition coefficient (Wildman–Crippen LogP) is 3.16. The van der Waals surface area contributed by atoms with Crippen LogP contribution in [0, 0.1) is 0 Å². The number of rotatable bonds is 5. The molecule has 4 nitrogen and oxygen atoms in total. The van der Waals surface area contributed by atoms with Crippen molar-refractivity contribution in [3.63, 3.8) is 0 Å². The Morgan fingerprint density at radius 2 is 2.24 bits per heavy atom. The van der Waals surface area contributed by atoms with Crippen molar-refractivity contribution < 1.29 is 4.79 Å². The van der Waals surface area contributed by atoms with Gasteiger partial charge in [0.1, 0.15) is 0 Å². The van der Waals surface area contributed by atoms with E-state index in [4.69, 9.17) is 11.6 Å². The molecule has 1 amide bonds. The second-order valence-corrected chi connectivity index (χ2v) is 6.09. The summed E-state index contributed by atoms with van der Waals surface area (Å²) in [7, 11) is 3.90. The number of amides is 1. The first-order valence-electron chi connectivity index (χ1n) is 6.37. The molecule has 1 N–H and O–H groups in total. The Kier molecular flexibility index (Phi) is 5.36. The quantitative estimate of drug-likeness (QED) is 0.679. The Morgan fingerprint density at radius 1 is 1.43 bits per heavy atom. The Hall–Kier alpha value is -1.85. The summed E-state index contributed by atoms with van der Waals surface area (Å²) in [5.74, 6) is -0.144. The van der Waals surface area contributed by atoms with Crippen molar-refractivity contribution in [2.24, 2.45) is 5.10 Å². The molecule has 6 heteroatoms. The smallest absolute Gasteiger partial charge is 0.245 e. The van der Waals surface area contributed by atoms with E-state index in [1.807, 2.05) is 54.7 Å². The number of benzene rings is 1. The Balaban J connectivity index is 1.93. The fraction of sp³-hybridized carbons (Fsp3) is 0.200. The van der Waals surface area contributed by atoms with E-state index in [0.29, 0.717) is 11.4 Å². The highest BCUT2D eigenvalue weighted by Crippen LogP contribution is 2.21. The average molecular weight is 322 g/mol. The third kappa shape index (κ3) is 4.58. The Bertz CT molecular complexity index is 638. The number of hydrogen-bond acceptors (Lipinski definition) is 4. The number of hydrazone groups is 1. The molecule has 21 heavy (non-hydrogen) atoms. The number of carbonyl (C=O) groups excluding carboxylic acids is 1. The topological polar surface area (TPSA) is 44.7 Å². The van der Waals surface area contributed by atoms with Crippen LogP contribution >= 0.6 is 22.9 Å². The van der Waals surface area contributed by atoms with Gasteiger partial charge in [0, 0.05) is 30.2 Å².